The first-order chi connectivity index (χ1) is 66.3. The third kappa shape index (κ3) is 27.2. The SMILES string of the molecule is CC.CC.CC.CC.CC.CC.CC.CC.CC.CC.CC.CC.CC.CC.CC.CC.Cc1ccc(-c2ccc3c4ccccc4c4ccccc4c3c2)cc1.Cc1cccc(-c2cccc3c4ccccc4c4ccccc4c23)c1.Cc1ccccc1-c1ccc2c3ccccc3c3ccccc3c2c1.Cn1c2ccccc2c2ccc3c4ccccc4n(-c4ccccc4)c3c21. The molecular weight excluding hydrogens is 1610 g/mol. The van der Waals surface area contributed by atoms with E-state index in [2.05, 4.69) is 401 Å². The summed E-state index contributed by atoms with van der Waals surface area (Å²) in [5, 5.41) is 29.1. The number of nitrogens with zero attached hydrogens (tertiary/aromatic N) is 2. The van der Waals surface area contributed by atoms with Gasteiger partial charge in [0.2, 0.25) is 0 Å². The van der Waals surface area contributed by atoms with Crippen LogP contribution in [-0.2, 0) is 7.05 Å². The summed E-state index contributed by atoms with van der Waals surface area (Å²) in [5.74, 6) is 0. The second-order valence-corrected chi connectivity index (χ2v) is 27.2. The Kier molecular flexibility index (Phi) is 57.4. The van der Waals surface area contributed by atoms with Crippen molar-refractivity contribution >= 4 is 141 Å². The van der Waals surface area contributed by atoms with Gasteiger partial charge < -0.3 is 9.13 Å². The summed E-state index contributed by atoms with van der Waals surface area (Å²) in [6, 6.07) is 132. The zero-order valence-corrected chi connectivity index (χ0v) is 89.5. The van der Waals surface area contributed by atoms with Gasteiger partial charge in [-0.1, -0.05) is 560 Å². The molecule has 0 aliphatic rings. The molecular formula is C132H168N2. The number of benzene rings is 19. The fourth-order valence-electron chi connectivity index (χ4n) is 16.4. The molecule has 0 fully saturated rings. The van der Waals surface area contributed by atoms with Gasteiger partial charge in [0.1, 0.15) is 0 Å². The van der Waals surface area contributed by atoms with Crippen LogP contribution in [0.3, 0.4) is 0 Å². The highest BCUT2D eigenvalue weighted by Crippen LogP contribution is 2.44. The maximum atomic E-state index is 2.41. The van der Waals surface area contributed by atoms with Crippen molar-refractivity contribution in [3.63, 3.8) is 0 Å². The van der Waals surface area contributed by atoms with Crippen LogP contribution in [0.25, 0.3) is 180 Å². The van der Waals surface area contributed by atoms with Crippen molar-refractivity contribution in [1.82, 2.24) is 9.13 Å². The molecule has 0 aliphatic carbocycles. The lowest BCUT2D eigenvalue weighted by atomic mass is 9.89. The molecule has 21 rings (SSSR count). The summed E-state index contributed by atoms with van der Waals surface area (Å²) in [4.78, 5) is 0. The highest BCUT2D eigenvalue weighted by atomic mass is 15.0. The van der Waals surface area contributed by atoms with Crippen LogP contribution in [0.2, 0.25) is 0 Å². The lowest BCUT2D eigenvalue weighted by Crippen LogP contribution is -1.96. The fourth-order valence-corrected chi connectivity index (χ4v) is 16.4. The van der Waals surface area contributed by atoms with Crippen molar-refractivity contribution in [3.05, 3.63) is 381 Å². The van der Waals surface area contributed by atoms with E-state index in [0.717, 1.165) is 0 Å². The van der Waals surface area contributed by atoms with Crippen LogP contribution < -0.4 is 0 Å². The lowest BCUT2D eigenvalue weighted by molar-refractivity contribution is 1.01. The first-order valence-corrected chi connectivity index (χ1v) is 51.4. The first kappa shape index (κ1) is 117. The largest absolute Gasteiger partial charge is 0.342 e. The molecule has 19 aromatic carbocycles. The number of fused-ring (bicyclic) bond motifs is 25. The Morgan fingerprint density at radius 1 is 0.157 bits per heavy atom. The molecule has 0 radical (unpaired) electrons. The Labute approximate surface area is 813 Å². The fraction of sp³-hybridized carbons (Fsp3) is 0.273. The van der Waals surface area contributed by atoms with E-state index < -0.39 is 0 Å². The number of rotatable bonds is 4. The van der Waals surface area contributed by atoms with Crippen LogP contribution in [0.15, 0.2) is 364 Å². The minimum Gasteiger partial charge on any atom is -0.342 e. The molecule has 2 heterocycles. The number of hydrogen-bond acceptors (Lipinski definition) is 0. The van der Waals surface area contributed by atoms with Crippen molar-refractivity contribution in [2.45, 2.75) is 242 Å². The summed E-state index contributed by atoms with van der Waals surface area (Å²) in [7, 11) is 2.18. The van der Waals surface area contributed by atoms with Crippen LogP contribution in [0.1, 0.15) is 238 Å². The van der Waals surface area contributed by atoms with E-state index in [1.54, 1.807) is 0 Å². The average Bonchev–Trinajstić information content (AvgIpc) is 1.54. The Hall–Kier alpha value is -12.9. The molecule has 2 aromatic heterocycles. The van der Waals surface area contributed by atoms with Gasteiger partial charge in [0.05, 0.1) is 16.6 Å². The van der Waals surface area contributed by atoms with Crippen molar-refractivity contribution in [3.8, 4) is 39.1 Å². The van der Waals surface area contributed by atoms with Crippen LogP contribution in [-0.4, -0.2) is 9.13 Å². The van der Waals surface area contributed by atoms with Gasteiger partial charge in [-0.05, 0) is 193 Å². The molecule has 2 heteroatoms. The number of aryl methyl sites for hydroxylation is 4. The quantitative estimate of drug-likeness (QED) is 0.155. The monoisotopic (exact) mass is 1780 g/mol. The van der Waals surface area contributed by atoms with Crippen molar-refractivity contribution in [1.29, 1.82) is 0 Å². The number of hydrogen-bond donors (Lipinski definition) is 0. The van der Waals surface area contributed by atoms with E-state index in [9.17, 15) is 0 Å². The smallest absolute Gasteiger partial charge is 0.0785 e. The molecule has 2 nitrogen and oxygen atoms in total. The Bertz CT molecular complexity index is 6730. The third-order valence-corrected chi connectivity index (χ3v) is 21.1. The predicted molar refractivity (Wildman–Crippen MR) is 624 cm³/mol. The number of para-hydroxylation sites is 3. The van der Waals surface area contributed by atoms with Crippen LogP contribution in [0.4, 0.5) is 0 Å². The van der Waals surface area contributed by atoms with E-state index in [0.29, 0.717) is 0 Å². The van der Waals surface area contributed by atoms with Gasteiger partial charge in [0, 0.05) is 39.8 Å². The molecule has 706 valence electrons. The summed E-state index contributed by atoms with van der Waals surface area (Å²) < 4.78 is 4.75. The summed E-state index contributed by atoms with van der Waals surface area (Å²) in [5.41, 5.74) is 17.9. The second kappa shape index (κ2) is 65.7. The third-order valence-electron chi connectivity index (χ3n) is 21.1. The first-order valence-electron chi connectivity index (χ1n) is 51.4. The lowest BCUT2D eigenvalue weighted by Gasteiger charge is -2.14. The summed E-state index contributed by atoms with van der Waals surface area (Å²) in [6.45, 7) is 70.5. The predicted octanol–water partition coefficient (Wildman–Crippen LogP) is 44.2. The normalized spacial score (nSPS) is 9.49. The topological polar surface area (TPSA) is 9.86 Å². The Morgan fingerprint density at radius 3 is 0.828 bits per heavy atom. The van der Waals surface area contributed by atoms with Gasteiger partial charge in [0.25, 0.3) is 0 Å². The van der Waals surface area contributed by atoms with Gasteiger partial charge in [-0.25, -0.2) is 0 Å². The molecule has 0 saturated carbocycles. The van der Waals surface area contributed by atoms with Crippen molar-refractivity contribution in [2.75, 3.05) is 0 Å². The van der Waals surface area contributed by atoms with Gasteiger partial charge in [-0.3, -0.25) is 0 Å². The minimum atomic E-state index is 1.20. The highest BCUT2D eigenvalue weighted by Gasteiger charge is 2.20. The van der Waals surface area contributed by atoms with E-state index in [4.69, 9.17) is 0 Å². The molecule has 0 atom stereocenters. The molecule has 0 N–H and O–H groups in total. The zero-order valence-electron chi connectivity index (χ0n) is 89.5. The van der Waals surface area contributed by atoms with Crippen molar-refractivity contribution < 1.29 is 0 Å². The van der Waals surface area contributed by atoms with E-state index in [1.807, 2.05) is 222 Å². The summed E-state index contributed by atoms with van der Waals surface area (Å²) >= 11 is 0. The van der Waals surface area contributed by atoms with E-state index in [-0.39, 0.29) is 0 Å². The van der Waals surface area contributed by atoms with Crippen LogP contribution in [0, 0.1) is 20.8 Å². The molecule has 0 bridgehead atoms. The van der Waals surface area contributed by atoms with Crippen molar-refractivity contribution in [2.24, 2.45) is 7.05 Å². The zero-order chi connectivity index (χ0) is 100. The molecule has 0 amide bonds. The molecule has 21 aromatic rings. The molecule has 0 unspecified atom stereocenters. The number of aromatic nitrogens is 2. The standard InChI is InChI=1S/C25H18N2.3C25H18.16C2H6/c1-26-22-13-7-5-11-18(22)20-15-16-21-19-12-6-8-14-23(19)27(25(21)24(20)26)17-9-3-2-4-10-17;1-17-8-6-9-18(16-17)19-14-7-15-24-22-11-3-2-10-20(22)21-12-4-5-13-23(21)25(19)24;1-17-8-2-3-9-19(17)18-14-15-24-22-12-5-4-10-20(22)21-11-6-7-13-23(21)25(24)16-18;1-17-10-12-18(13-11-17)19-14-15-24-22-8-3-2-6-20(22)21-7-4-5-9-23(21)25(24)16-19;16*1-2/h2-16H,1H3;3*2-16H,1H3;16*1-2H3. The second-order valence-electron chi connectivity index (χ2n) is 27.2. The van der Waals surface area contributed by atoms with Crippen LogP contribution >= 0.6 is 0 Å². The maximum absolute atomic E-state index is 2.41. The molecule has 0 saturated heterocycles. The highest BCUT2D eigenvalue weighted by molar-refractivity contribution is 6.30. The molecule has 0 aliphatic heterocycles. The Balaban J connectivity index is 0.000000548. The van der Waals surface area contributed by atoms with Gasteiger partial charge in [0.15, 0.2) is 0 Å². The van der Waals surface area contributed by atoms with Gasteiger partial charge >= 0.3 is 0 Å². The summed E-state index contributed by atoms with van der Waals surface area (Å²) in [6.07, 6.45) is 0. The maximum Gasteiger partial charge on any atom is 0.0785 e. The minimum absolute atomic E-state index is 1.20. The van der Waals surface area contributed by atoms with Gasteiger partial charge in [-0.2, -0.15) is 0 Å². The Morgan fingerprint density at radius 2 is 0.425 bits per heavy atom. The molecule has 134 heavy (non-hydrogen) atoms. The van der Waals surface area contributed by atoms with Crippen LogP contribution in [0.5, 0.6) is 0 Å². The average molecular weight is 1780 g/mol. The van der Waals surface area contributed by atoms with Gasteiger partial charge in [-0.15, -0.1) is 0 Å². The van der Waals surface area contributed by atoms with E-state index >= 15 is 0 Å². The van der Waals surface area contributed by atoms with E-state index in [1.165, 1.54) is 196 Å². The molecule has 0 spiro atoms.